The Bertz CT molecular complexity index is 836. The number of guanidine groups is 1. The lowest BCUT2D eigenvalue weighted by molar-refractivity contribution is 0.0512. The summed E-state index contributed by atoms with van der Waals surface area (Å²) < 4.78 is 11.5. The Balaban J connectivity index is 0.00000320. The van der Waals surface area contributed by atoms with Crippen LogP contribution in [0.25, 0.3) is 0 Å². The number of oxazole rings is 1. The van der Waals surface area contributed by atoms with Gasteiger partial charge >= 0.3 is 0 Å². The predicted octanol–water partition coefficient (Wildman–Crippen LogP) is 4.31. The summed E-state index contributed by atoms with van der Waals surface area (Å²) in [7, 11) is 1.79. The van der Waals surface area contributed by atoms with Crippen molar-refractivity contribution in [2.45, 2.75) is 57.9 Å². The van der Waals surface area contributed by atoms with Crippen LogP contribution in [0.5, 0.6) is 0 Å². The van der Waals surface area contributed by atoms with E-state index in [0.717, 1.165) is 44.3 Å². The summed E-state index contributed by atoms with van der Waals surface area (Å²) in [5, 5.41) is 6.85. The molecule has 7 heteroatoms. The van der Waals surface area contributed by atoms with Gasteiger partial charge in [-0.25, -0.2) is 4.98 Å². The van der Waals surface area contributed by atoms with Crippen molar-refractivity contribution in [2.24, 2.45) is 4.99 Å². The first-order chi connectivity index (χ1) is 13.8. The average molecular weight is 526 g/mol. The zero-order valence-electron chi connectivity index (χ0n) is 18.7. The van der Waals surface area contributed by atoms with Gasteiger partial charge in [-0.1, -0.05) is 45.0 Å². The van der Waals surface area contributed by atoms with Gasteiger partial charge in [0.25, 0.3) is 0 Å². The van der Waals surface area contributed by atoms with Crippen molar-refractivity contribution in [3.05, 3.63) is 53.2 Å². The molecule has 1 aromatic carbocycles. The Labute approximate surface area is 197 Å². The van der Waals surface area contributed by atoms with Gasteiger partial charge in [0.1, 0.15) is 5.76 Å². The van der Waals surface area contributed by atoms with Crippen LogP contribution >= 0.6 is 24.0 Å². The highest BCUT2D eigenvalue weighted by Crippen LogP contribution is 2.36. The quantitative estimate of drug-likeness (QED) is 0.345. The monoisotopic (exact) mass is 526 g/mol. The first-order valence-corrected chi connectivity index (χ1v) is 10.4. The van der Waals surface area contributed by atoms with Crippen molar-refractivity contribution in [1.29, 1.82) is 0 Å². The Kier molecular flexibility index (Phi) is 8.73. The maximum Gasteiger partial charge on any atom is 0.213 e. The van der Waals surface area contributed by atoms with Gasteiger partial charge in [0, 0.05) is 37.6 Å². The number of aromatic nitrogens is 1. The van der Waals surface area contributed by atoms with Gasteiger partial charge in [-0.15, -0.1) is 24.0 Å². The van der Waals surface area contributed by atoms with Crippen molar-refractivity contribution in [1.82, 2.24) is 15.6 Å². The third kappa shape index (κ3) is 5.97. The second-order valence-electron chi connectivity index (χ2n) is 8.86. The van der Waals surface area contributed by atoms with E-state index in [1.807, 2.05) is 6.20 Å². The van der Waals surface area contributed by atoms with E-state index in [2.05, 4.69) is 72.6 Å². The molecule has 0 unspecified atom stereocenters. The molecule has 0 atom stereocenters. The molecular weight excluding hydrogens is 491 g/mol. The van der Waals surface area contributed by atoms with Gasteiger partial charge in [0.05, 0.1) is 12.7 Å². The molecule has 2 N–H and O–H groups in total. The van der Waals surface area contributed by atoms with Crippen LogP contribution in [-0.2, 0) is 22.1 Å². The van der Waals surface area contributed by atoms with E-state index in [0.29, 0.717) is 12.4 Å². The van der Waals surface area contributed by atoms with E-state index in [1.54, 1.807) is 7.05 Å². The van der Waals surface area contributed by atoms with Gasteiger partial charge in [0.2, 0.25) is 5.89 Å². The van der Waals surface area contributed by atoms with Crippen LogP contribution in [0.15, 0.2) is 39.9 Å². The van der Waals surface area contributed by atoms with E-state index in [4.69, 9.17) is 9.15 Å². The topological polar surface area (TPSA) is 71.7 Å². The number of aliphatic imine (C=N–C) groups is 1. The molecule has 166 valence electrons. The van der Waals surface area contributed by atoms with Gasteiger partial charge in [-0.2, -0.15) is 0 Å². The highest BCUT2D eigenvalue weighted by atomic mass is 127. The number of rotatable bonds is 5. The van der Waals surface area contributed by atoms with Crippen LogP contribution < -0.4 is 10.6 Å². The molecule has 2 aromatic rings. The molecule has 0 saturated carbocycles. The summed E-state index contributed by atoms with van der Waals surface area (Å²) in [5.74, 6) is 2.30. The highest BCUT2D eigenvalue weighted by Gasteiger charge is 2.35. The lowest BCUT2D eigenvalue weighted by Gasteiger charge is -2.39. The first-order valence-electron chi connectivity index (χ1n) is 10.4. The van der Waals surface area contributed by atoms with Crippen molar-refractivity contribution in [2.75, 3.05) is 26.8 Å². The number of halogens is 1. The van der Waals surface area contributed by atoms with Crippen molar-refractivity contribution >= 4 is 29.9 Å². The number of aryl methyl sites for hydroxylation is 1. The Morgan fingerprint density at radius 1 is 1.17 bits per heavy atom. The standard InChI is InChI=1S/C23H34N4O2.HI/c1-17-8-6-7-9-18(17)23(10-12-28-13-11-23)16-27-21(24-5)26-15-20-25-14-19(29-20)22(2,3)4;/h6-9,14H,10-13,15-16H2,1-5H3,(H2,24,26,27);1H. The molecule has 3 rings (SSSR count). The van der Waals surface area contributed by atoms with Crippen molar-refractivity contribution in [3.8, 4) is 0 Å². The molecule has 0 bridgehead atoms. The van der Waals surface area contributed by atoms with Gasteiger partial charge in [-0.3, -0.25) is 4.99 Å². The minimum atomic E-state index is -0.0475. The molecule has 0 spiro atoms. The van der Waals surface area contributed by atoms with E-state index in [1.165, 1.54) is 11.1 Å². The smallest absolute Gasteiger partial charge is 0.213 e. The number of nitrogens with one attached hydrogen (secondary N) is 2. The maximum atomic E-state index is 5.87. The molecule has 2 heterocycles. The number of hydrogen-bond donors (Lipinski definition) is 2. The third-order valence-corrected chi connectivity index (χ3v) is 5.68. The Morgan fingerprint density at radius 3 is 2.47 bits per heavy atom. The molecule has 0 amide bonds. The normalized spacial score (nSPS) is 16.6. The van der Waals surface area contributed by atoms with Crippen LogP contribution in [0.2, 0.25) is 0 Å². The lowest BCUT2D eigenvalue weighted by atomic mass is 9.72. The van der Waals surface area contributed by atoms with E-state index in [-0.39, 0.29) is 34.8 Å². The molecule has 1 aliphatic heterocycles. The average Bonchev–Trinajstić information content (AvgIpc) is 3.19. The molecular formula is C23H35IN4O2. The molecule has 1 aliphatic rings. The van der Waals surface area contributed by atoms with Crippen LogP contribution in [0.3, 0.4) is 0 Å². The zero-order valence-corrected chi connectivity index (χ0v) is 21.1. The number of nitrogens with zero attached hydrogens (tertiary/aromatic N) is 2. The Morgan fingerprint density at radius 2 is 1.87 bits per heavy atom. The Hall–Kier alpha value is -1.61. The molecule has 1 aromatic heterocycles. The minimum Gasteiger partial charge on any atom is -0.443 e. The number of hydrogen-bond acceptors (Lipinski definition) is 4. The van der Waals surface area contributed by atoms with Gasteiger partial charge < -0.3 is 19.8 Å². The summed E-state index contributed by atoms with van der Waals surface area (Å²) in [6, 6.07) is 8.66. The predicted molar refractivity (Wildman–Crippen MR) is 132 cm³/mol. The number of ether oxygens (including phenoxy) is 1. The van der Waals surface area contributed by atoms with E-state index in [9.17, 15) is 0 Å². The molecule has 30 heavy (non-hydrogen) atoms. The zero-order chi connectivity index (χ0) is 20.9. The fourth-order valence-corrected chi connectivity index (χ4v) is 3.84. The fourth-order valence-electron chi connectivity index (χ4n) is 3.84. The molecule has 0 aliphatic carbocycles. The van der Waals surface area contributed by atoms with Crippen LogP contribution in [0.1, 0.15) is 56.4 Å². The second-order valence-corrected chi connectivity index (χ2v) is 8.86. The summed E-state index contributed by atoms with van der Waals surface area (Å²) in [6.07, 6.45) is 3.80. The van der Waals surface area contributed by atoms with Crippen LogP contribution in [0, 0.1) is 6.92 Å². The van der Waals surface area contributed by atoms with Crippen LogP contribution in [-0.4, -0.2) is 37.7 Å². The minimum absolute atomic E-state index is 0. The highest BCUT2D eigenvalue weighted by molar-refractivity contribution is 14.0. The SMILES string of the molecule is CN=C(NCc1ncc(C(C)(C)C)o1)NCC1(c2ccccc2C)CCOCC1.I. The van der Waals surface area contributed by atoms with Gasteiger partial charge in [0.15, 0.2) is 5.96 Å². The summed E-state index contributed by atoms with van der Waals surface area (Å²) in [5.41, 5.74) is 2.72. The first kappa shape index (κ1) is 24.7. The van der Waals surface area contributed by atoms with E-state index < -0.39 is 0 Å². The third-order valence-electron chi connectivity index (χ3n) is 5.68. The summed E-state index contributed by atoms with van der Waals surface area (Å²) in [6.45, 7) is 11.4. The van der Waals surface area contributed by atoms with Crippen molar-refractivity contribution in [3.63, 3.8) is 0 Å². The van der Waals surface area contributed by atoms with Gasteiger partial charge in [-0.05, 0) is 30.9 Å². The molecule has 6 nitrogen and oxygen atoms in total. The molecule has 1 saturated heterocycles. The molecule has 0 radical (unpaired) electrons. The van der Waals surface area contributed by atoms with E-state index >= 15 is 0 Å². The van der Waals surface area contributed by atoms with Crippen LogP contribution in [0.4, 0.5) is 0 Å². The number of benzene rings is 1. The fraction of sp³-hybridized carbons (Fsp3) is 0.565. The maximum absolute atomic E-state index is 5.87. The molecule has 1 fully saturated rings. The largest absolute Gasteiger partial charge is 0.443 e. The summed E-state index contributed by atoms with van der Waals surface area (Å²) in [4.78, 5) is 8.77. The lowest BCUT2D eigenvalue weighted by Crippen LogP contribution is -2.48. The van der Waals surface area contributed by atoms with Crippen molar-refractivity contribution < 1.29 is 9.15 Å². The summed E-state index contributed by atoms with van der Waals surface area (Å²) >= 11 is 0. The second kappa shape index (κ2) is 10.6.